The van der Waals surface area contributed by atoms with E-state index in [1.54, 1.807) is 22.9 Å². The highest BCUT2D eigenvalue weighted by Crippen LogP contribution is 2.32. The lowest BCUT2D eigenvalue weighted by molar-refractivity contribution is 0.0169. The SMILES string of the molecule is CC(C)(C)N1CC(n2nc(C(=O)Nc3nc4cc(Cl)ccc4o3)c3c(N)ncnc32)C1. The summed E-state index contributed by atoms with van der Waals surface area (Å²) in [5, 5.41) is 8.14. The van der Waals surface area contributed by atoms with E-state index in [1.165, 1.54) is 6.33 Å². The Morgan fingerprint density at radius 3 is 2.81 bits per heavy atom. The summed E-state index contributed by atoms with van der Waals surface area (Å²) < 4.78 is 7.35. The third-order valence-electron chi connectivity index (χ3n) is 5.46. The lowest BCUT2D eigenvalue weighted by Gasteiger charge is -2.47. The second-order valence-corrected chi connectivity index (χ2v) is 9.00. The summed E-state index contributed by atoms with van der Waals surface area (Å²) in [6.07, 6.45) is 1.38. The van der Waals surface area contributed by atoms with Crippen LogP contribution in [-0.2, 0) is 0 Å². The van der Waals surface area contributed by atoms with Gasteiger partial charge in [0.05, 0.1) is 11.4 Å². The fraction of sp³-hybridized carbons (Fsp3) is 0.350. The fourth-order valence-corrected chi connectivity index (χ4v) is 3.84. The monoisotopic (exact) mass is 440 g/mol. The first-order chi connectivity index (χ1) is 14.7. The molecule has 31 heavy (non-hydrogen) atoms. The van der Waals surface area contributed by atoms with Gasteiger partial charge in [0, 0.05) is 23.7 Å². The van der Waals surface area contributed by atoms with E-state index in [2.05, 4.69) is 51.0 Å². The number of aromatic nitrogens is 5. The van der Waals surface area contributed by atoms with Crippen LogP contribution in [0.1, 0.15) is 37.3 Å². The van der Waals surface area contributed by atoms with Gasteiger partial charge in [-0.2, -0.15) is 10.1 Å². The maximum Gasteiger partial charge on any atom is 0.302 e. The van der Waals surface area contributed by atoms with Gasteiger partial charge in [0.25, 0.3) is 5.91 Å². The molecule has 1 amide bonds. The standard InChI is InChI=1S/C20H21ClN8O2/c1-20(2,3)28-7-11(8-28)29-17-14(16(22)23-9-24-17)15(27-29)18(30)26-19-25-12-6-10(21)4-5-13(12)31-19/h4-6,9,11H,7-8H2,1-3H3,(H2,22,23,24)(H,25,26,30). The van der Waals surface area contributed by atoms with Crippen molar-refractivity contribution in [2.75, 3.05) is 24.1 Å². The van der Waals surface area contributed by atoms with Crippen molar-refractivity contribution >= 4 is 51.5 Å². The fourth-order valence-electron chi connectivity index (χ4n) is 3.68. The van der Waals surface area contributed by atoms with Crippen LogP contribution in [-0.4, -0.2) is 54.2 Å². The molecule has 1 aromatic carbocycles. The van der Waals surface area contributed by atoms with E-state index in [1.807, 2.05) is 0 Å². The van der Waals surface area contributed by atoms with Crippen LogP contribution in [0.25, 0.3) is 22.1 Å². The number of carbonyl (C=O) groups is 1. The Labute approximate surface area is 182 Å². The quantitative estimate of drug-likeness (QED) is 0.497. The lowest BCUT2D eigenvalue weighted by atomic mass is 9.98. The molecular formula is C20H21ClN8O2. The van der Waals surface area contributed by atoms with Crippen molar-refractivity contribution in [1.29, 1.82) is 0 Å². The average molecular weight is 441 g/mol. The molecule has 1 saturated heterocycles. The zero-order valence-corrected chi connectivity index (χ0v) is 18.0. The summed E-state index contributed by atoms with van der Waals surface area (Å²) in [6.45, 7) is 8.10. The number of oxazole rings is 1. The summed E-state index contributed by atoms with van der Waals surface area (Å²) >= 11 is 5.99. The van der Waals surface area contributed by atoms with E-state index in [0.29, 0.717) is 27.2 Å². The van der Waals surface area contributed by atoms with E-state index in [9.17, 15) is 4.79 Å². The third kappa shape index (κ3) is 3.37. The molecular weight excluding hydrogens is 420 g/mol. The molecule has 1 fully saturated rings. The first-order valence-corrected chi connectivity index (χ1v) is 10.2. The molecule has 3 aromatic heterocycles. The van der Waals surface area contributed by atoms with Gasteiger partial charge in [-0.3, -0.25) is 15.0 Å². The van der Waals surface area contributed by atoms with Gasteiger partial charge in [0.1, 0.15) is 17.7 Å². The molecule has 0 unspecified atom stereocenters. The summed E-state index contributed by atoms with van der Waals surface area (Å²) in [7, 11) is 0. The molecule has 0 radical (unpaired) electrons. The predicted molar refractivity (Wildman–Crippen MR) is 117 cm³/mol. The Bertz CT molecular complexity index is 1320. The summed E-state index contributed by atoms with van der Waals surface area (Å²) in [4.78, 5) is 28.0. The first-order valence-electron chi connectivity index (χ1n) is 9.82. The number of nitrogens with one attached hydrogen (secondary N) is 1. The van der Waals surface area contributed by atoms with Crippen LogP contribution in [0.4, 0.5) is 11.8 Å². The number of amides is 1. The van der Waals surface area contributed by atoms with Crippen LogP contribution >= 0.6 is 11.6 Å². The molecule has 4 heterocycles. The van der Waals surface area contributed by atoms with Gasteiger partial charge in [0.2, 0.25) is 0 Å². The number of benzene rings is 1. The Balaban J connectivity index is 1.48. The molecule has 0 aliphatic carbocycles. The molecule has 0 saturated carbocycles. The number of likely N-dealkylation sites (tertiary alicyclic amines) is 1. The number of fused-ring (bicyclic) bond motifs is 2. The van der Waals surface area contributed by atoms with Gasteiger partial charge in [-0.15, -0.1) is 0 Å². The molecule has 160 valence electrons. The van der Waals surface area contributed by atoms with Crippen molar-refractivity contribution in [1.82, 2.24) is 29.6 Å². The van der Waals surface area contributed by atoms with Crippen molar-refractivity contribution in [2.24, 2.45) is 0 Å². The third-order valence-corrected chi connectivity index (χ3v) is 5.70. The number of halogens is 1. The van der Waals surface area contributed by atoms with E-state index in [0.717, 1.165) is 13.1 Å². The van der Waals surface area contributed by atoms with Gasteiger partial charge in [-0.1, -0.05) is 11.6 Å². The Kier molecular flexibility index (Phi) is 4.38. The molecule has 10 nitrogen and oxygen atoms in total. The highest BCUT2D eigenvalue weighted by Gasteiger charge is 2.38. The van der Waals surface area contributed by atoms with Gasteiger partial charge < -0.3 is 10.2 Å². The first kappa shape index (κ1) is 19.7. The van der Waals surface area contributed by atoms with Crippen molar-refractivity contribution in [3.05, 3.63) is 35.2 Å². The predicted octanol–water partition coefficient (Wildman–Crippen LogP) is 3.11. The van der Waals surface area contributed by atoms with E-state index >= 15 is 0 Å². The minimum absolute atomic E-state index is 0.0444. The molecule has 4 aromatic rings. The highest BCUT2D eigenvalue weighted by molar-refractivity contribution is 6.31. The lowest BCUT2D eigenvalue weighted by Crippen LogP contribution is -2.56. The Hall–Kier alpha value is -3.24. The summed E-state index contributed by atoms with van der Waals surface area (Å²) in [5.41, 5.74) is 7.85. The second-order valence-electron chi connectivity index (χ2n) is 8.57. The van der Waals surface area contributed by atoms with Crippen molar-refractivity contribution in [3.63, 3.8) is 0 Å². The molecule has 0 bridgehead atoms. The van der Waals surface area contributed by atoms with Crippen LogP contribution in [0, 0.1) is 0 Å². The largest absolute Gasteiger partial charge is 0.423 e. The van der Waals surface area contributed by atoms with Gasteiger partial charge in [-0.25, -0.2) is 14.6 Å². The molecule has 0 atom stereocenters. The minimum atomic E-state index is -0.505. The number of carbonyl (C=O) groups excluding carboxylic acids is 1. The van der Waals surface area contributed by atoms with Crippen LogP contribution < -0.4 is 11.1 Å². The molecule has 5 rings (SSSR count). The Morgan fingerprint density at radius 2 is 2.06 bits per heavy atom. The maximum atomic E-state index is 13.1. The number of nitrogens with zero attached hydrogens (tertiary/aromatic N) is 6. The van der Waals surface area contributed by atoms with Gasteiger partial charge in [0.15, 0.2) is 16.9 Å². The van der Waals surface area contributed by atoms with Crippen LogP contribution in [0.3, 0.4) is 0 Å². The van der Waals surface area contributed by atoms with Crippen molar-refractivity contribution < 1.29 is 9.21 Å². The number of nitrogen functional groups attached to an aromatic ring is 1. The molecule has 1 aliphatic heterocycles. The number of anilines is 2. The maximum absolute atomic E-state index is 13.1. The van der Waals surface area contributed by atoms with E-state index < -0.39 is 5.91 Å². The Morgan fingerprint density at radius 1 is 1.29 bits per heavy atom. The normalized spacial score (nSPS) is 15.5. The zero-order valence-electron chi connectivity index (χ0n) is 17.3. The summed E-state index contributed by atoms with van der Waals surface area (Å²) in [6, 6.07) is 5.16. The van der Waals surface area contributed by atoms with Gasteiger partial charge >= 0.3 is 6.01 Å². The number of nitrogens with two attached hydrogens (primary N) is 1. The number of hydrogen-bond acceptors (Lipinski definition) is 8. The van der Waals surface area contributed by atoms with Gasteiger partial charge in [-0.05, 0) is 39.0 Å². The smallest absolute Gasteiger partial charge is 0.302 e. The molecule has 3 N–H and O–H groups in total. The zero-order chi connectivity index (χ0) is 21.9. The number of rotatable bonds is 3. The molecule has 0 spiro atoms. The topological polar surface area (TPSA) is 128 Å². The van der Waals surface area contributed by atoms with E-state index in [4.69, 9.17) is 21.8 Å². The van der Waals surface area contributed by atoms with Crippen molar-refractivity contribution in [3.8, 4) is 0 Å². The summed E-state index contributed by atoms with van der Waals surface area (Å²) in [5.74, 6) is -0.312. The minimum Gasteiger partial charge on any atom is -0.423 e. The second kappa shape index (κ2) is 6.89. The average Bonchev–Trinajstić information content (AvgIpc) is 3.21. The van der Waals surface area contributed by atoms with Crippen molar-refractivity contribution in [2.45, 2.75) is 32.4 Å². The van der Waals surface area contributed by atoms with E-state index in [-0.39, 0.29) is 29.1 Å². The number of hydrogen-bond donors (Lipinski definition) is 2. The van der Waals surface area contributed by atoms with Crippen LogP contribution in [0.15, 0.2) is 28.9 Å². The molecule has 1 aliphatic rings. The van der Waals surface area contributed by atoms with Crippen LogP contribution in [0.2, 0.25) is 5.02 Å². The van der Waals surface area contributed by atoms with Crippen LogP contribution in [0.5, 0.6) is 0 Å². The highest BCUT2D eigenvalue weighted by atomic mass is 35.5. The molecule has 11 heteroatoms.